The highest BCUT2D eigenvalue weighted by molar-refractivity contribution is 5.81. The summed E-state index contributed by atoms with van der Waals surface area (Å²) in [5, 5.41) is 8.56. The van der Waals surface area contributed by atoms with E-state index in [0.29, 0.717) is 13.3 Å². The van der Waals surface area contributed by atoms with E-state index in [2.05, 4.69) is 34.3 Å². The summed E-state index contributed by atoms with van der Waals surface area (Å²) in [5.74, 6) is -0.117. The first kappa shape index (κ1) is 19.8. The number of carbonyl (C=O) groups is 1. The molecule has 28 heavy (non-hydrogen) atoms. The molecular weight excluding hydrogens is 352 g/mol. The molecule has 2 aromatic carbocycles. The molecule has 3 aromatic rings. The maximum absolute atomic E-state index is 11.6. The van der Waals surface area contributed by atoms with Gasteiger partial charge in [-0.05, 0) is 30.5 Å². The fraction of sp³-hybridized carbons (Fsp3) is 0.318. The lowest BCUT2D eigenvalue weighted by atomic mass is 10.1. The van der Waals surface area contributed by atoms with Crippen LogP contribution in [-0.2, 0) is 22.7 Å². The molecule has 146 valence electrons. The van der Waals surface area contributed by atoms with Crippen molar-refractivity contribution in [2.75, 3.05) is 13.2 Å². The number of para-hydroxylation sites is 1. The Morgan fingerprint density at radius 2 is 1.93 bits per heavy atom. The van der Waals surface area contributed by atoms with Gasteiger partial charge in [0, 0.05) is 19.2 Å². The number of aromatic nitrogens is 3. The molecule has 0 radical (unpaired) electrons. The molecule has 0 amide bonds. The van der Waals surface area contributed by atoms with E-state index >= 15 is 0 Å². The molecule has 0 saturated heterocycles. The third kappa shape index (κ3) is 5.50. The number of ether oxygens (including phenoxy) is 1. The predicted molar refractivity (Wildman–Crippen MR) is 109 cm³/mol. The summed E-state index contributed by atoms with van der Waals surface area (Å²) in [4.78, 5) is 13.9. The predicted octanol–water partition coefficient (Wildman–Crippen LogP) is 3.65. The highest BCUT2D eigenvalue weighted by Gasteiger charge is 2.13. The molecule has 0 fully saturated rings. The lowest BCUT2D eigenvalue weighted by Gasteiger charge is -2.24. The first-order valence-electron chi connectivity index (χ1n) is 9.55. The largest absolute Gasteiger partial charge is 0.463 e. The Morgan fingerprint density at radius 1 is 1.18 bits per heavy atom. The topological polar surface area (TPSA) is 60.2 Å². The molecule has 6 nitrogen and oxygen atoms in total. The van der Waals surface area contributed by atoms with Crippen LogP contribution in [0.5, 0.6) is 0 Å². The van der Waals surface area contributed by atoms with Crippen LogP contribution in [0.2, 0.25) is 0 Å². The van der Waals surface area contributed by atoms with Gasteiger partial charge in [0.05, 0.1) is 18.8 Å². The normalized spacial score (nSPS) is 12.7. The average Bonchev–Trinajstić information content (AvgIpc) is 3.10. The summed E-state index contributed by atoms with van der Waals surface area (Å²) >= 11 is 0. The van der Waals surface area contributed by atoms with E-state index in [0.717, 1.165) is 24.1 Å². The zero-order valence-corrected chi connectivity index (χ0v) is 16.4. The van der Waals surface area contributed by atoms with Gasteiger partial charge in [0.1, 0.15) is 5.52 Å². The van der Waals surface area contributed by atoms with Crippen LogP contribution in [0.3, 0.4) is 0 Å². The summed E-state index contributed by atoms with van der Waals surface area (Å²) in [7, 11) is 0. The number of rotatable bonds is 9. The molecule has 3 rings (SSSR count). The highest BCUT2D eigenvalue weighted by Crippen LogP contribution is 2.14. The maximum atomic E-state index is 11.6. The summed E-state index contributed by atoms with van der Waals surface area (Å²) in [5.41, 5.74) is 3.13. The molecule has 0 aliphatic heterocycles. The van der Waals surface area contributed by atoms with Gasteiger partial charge in [0.2, 0.25) is 0 Å². The molecule has 0 N–H and O–H groups in total. The molecular formula is C22H26N4O2. The third-order valence-electron chi connectivity index (χ3n) is 4.40. The van der Waals surface area contributed by atoms with E-state index in [4.69, 9.17) is 4.74 Å². The van der Waals surface area contributed by atoms with Crippen LogP contribution < -0.4 is 0 Å². The number of fused-ring (bicyclic) bond motifs is 1. The lowest BCUT2D eigenvalue weighted by Crippen LogP contribution is -2.30. The van der Waals surface area contributed by atoms with Gasteiger partial charge in [-0.25, -0.2) is 9.48 Å². The Hall–Kier alpha value is -2.99. The average molecular weight is 378 g/mol. The van der Waals surface area contributed by atoms with Gasteiger partial charge in [-0.1, -0.05) is 60.7 Å². The van der Waals surface area contributed by atoms with Gasteiger partial charge in [0.25, 0.3) is 0 Å². The zero-order valence-electron chi connectivity index (χ0n) is 16.4. The molecule has 0 saturated carbocycles. The monoisotopic (exact) mass is 378 g/mol. The quantitative estimate of drug-likeness (QED) is 0.420. The van der Waals surface area contributed by atoms with E-state index in [-0.39, 0.29) is 11.9 Å². The first-order valence-corrected chi connectivity index (χ1v) is 9.55. The second-order valence-electron chi connectivity index (χ2n) is 6.80. The van der Waals surface area contributed by atoms with Gasteiger partial charge in [-0.2, -0.15) is 0 Å². The number of hydrogen-bond acceptors (Lipinski definition) is 5. The Bertz CT molecular complexity index is 920. The molecule has 0 spiro atoms. The van der Waals surface area contributed by atoms with Crippen molar-refractivity contribution in [3.8, 4) is 0 Å². The van der Waals surface area contributed by atoms with E-state index < -0.39 is 0 Å². The molecule has 6 heteroatoms. The Morgan fingerprint density at radius 3 is 2.71 bits per heavy atom. The van der Waals surface area contributed by atoms with Crippen LogP contribution in [-0.4, -0.2) is 39.0 Å². The van der Waals surface area contributed by atoms with Gasteiger partial charge in [-0.3, -0.25) is 4.90 Å². The maximum Gasteiger partial charge on any atom is 0.330 e. The van der Waals surface area contributed by atoms with Crippen molar-refractivity contribution in [3.05, 3.63) is 72.3 Å². The smallest absolute Gasteiger partial charge is 0.330 e. The van der Waals surface area contributed by atoms with Crippen molar-refractivity contribution in [3.63, 3.8) is 0 Å². The second kappa shape index (κ2) is 9.80. The third-order valence-corrected chi connectivity index (χ3v) is 4.40. The fourth-order valence-corrected chi connectivity index (χ4v) is 3.13. The summed E-state index contributed by atoms with van der Waals surface area (Å²) < 4.78 is 6.88. The molecule has 1 atom stereocenters. The van der Waals surface area contributed by atoms with E-state index in [1.54, 1.807) is 6.92 Å². The number of benzene rings is 2. The first-order chi connectivity index (χ1) is 13.7. The van der Waals surface area contributed by atoms with Crippen LogP contribution in [0.15, 0.2) is 66.7 Å². The molecule has 1 heterocycles. The van der Waals surface area contributed by atoms with E-state index in [9.17, 15) is 4.79 Å². The van der Waals surface area contributed by atoms with Crippen molar-refractivity contribution in [2.45, 2.75) is 27.1 Å². The van der Waals surface area contributed by atoms with E-state index in [1.165, 1.54) is 11.6 Å². The van der Waals surface area contributed by atoms with Crippen molar-refractivity contribution >= 4 is 17.0 Å². The second-order valence-corrected chi connectivity index (χ2v) is 6.80. The SMILES string of the molecule is CCOC(=O)/C=C/C(C)CN(Cc1ccccc1)Cn1nnc2ccccc21. The zero-order chi connectivity index (χ0) is 19.8. The lowest BCUT2D eigenvalue weighted by molar-refractivity contribution is -0.137. The fourth-order valence-electron chi connectivity index (χ4n) is 3.13. The number of esters is 1. The molecule has 1 aromatic heterocycles. The minimum Gasteiger partial charge on any atom is -0.463 e. The Kier molecular flexibility index (Phi) is 6.92. The number of hydrogen-bond donors (Lipinski definition) is 0. The Labute approximate surface area is 165 Å². The summed E-state index contributed by atoms with van der Waals surface area (Å²) in [6, 6.07) is 18.3. The molecule has 0 aliphatic rings. The van der Waals surface area contributed by atoms with Crippen molar-refractivity contribution in [1.29, 1.82) is 0 Å². The minimum atomic E-state index is -0.300. The van der Waals surface area contributed by atoms with Crippen molar-refractivity contribution in [1.82, 2.24) is 19.9 Å². The van der Waals surface area contributed by atoms with Crippen LogP contribution in [0.1, 0.15) is 19.4 Å². The molecule has 1 unspecified atom stereocenters. The molecule has 0 aliphatic carbocycles. The van der Waals surface area contributed by atoms with Gasteiger partial charge in [-0.15, -0.1) is 5.10 Å². The van der Waals surface area contributed by atoms with Crippen LogP contribution in [0, 0.1) is 5.92 Å². The van der Waals surface area contributed by atoms with Crippen LogP contribution in [0.25, 0.3) is 11.0 Å². The highest BCUT2D eigenvalue weighted by atomic mass is 16.5. The standard InChI is InChI=1S/C22H26N4O2/c1-3-28-22(27)14-13-18(2)15-25(16-19-9-5-4-6-10-19)17-26-21-12-8-7-11-20(21)23-24-26/h4-14,18H,3,15-17H2,1-2H3/b14-13+. The number of nitrogens with zero attached hydrogens (tertiary/aromatic N) is 4. The van der Waals surface area contributed by atoms with Gasteiger partial charge in [0.15, 0.2) is 0 Å². The van der Waals surface area contributed by atoms with Crippen LogP contribution >= 0.6 is 0 Å². The van der Waals surface area contributed by atoms with Crippen molar-refractivity contribution < 1.29 is 9.53 Å². The van der Waals surface area contributed by atoms with Gasteiger partial charge < -0.3 is 4.74 Å². The summed E-state index contributed by atoms with van der Waals surface area (Å²) in [6.45, 7) is 6.46. The van der Waals surface area contributed by atoms with Crippen molar-refractivity contribution in [2.24, 2.45) is 5.92 Å². The summed E-state index contributed by atoms with van der Waals surface area (Å²) in [6.07, 6.45) is 3.41. The molecule has 0 bridgehead atoms. The van der Waals surface area contributed by atoms with Crippen LogP contribution in [0.4, 0.5) is 0 Å². The minimum absolute atomic E-state index is 0.183. The van der Waals surface area contributed by atoms with Gasteiger partial charge >= 0.3 is 5.97 Å². The van der Waals surface area contributed by atoms with E-state index in [1.807, 2.05) is 53.2 Å². The Balaban J connectivity index is 1.74. The number of carbonyl (C=O) groups excluding carboxylic acids is 1.